The van der Waals surface area contributed by atoms with Gasteiger partial charge in [0.2, 0.25) is 0 Å². The van der Waals surface area contributed by atoms with E-state index in [9.17, 15) is 18.3 Å². The lowest BCUT2D eigenvalue weighted by Crippen LogP contribution is -2.14. The zero-order valence-electron chi connectivity index (χ0n) is 19.3. The second kappa shape index (κ2) is 9.31. The van der Waals surface area contributed by atoms with Crippen LogP contribution in [-0.4, -0.2) is 35.6 Å². The van der Waals surface area contributed by atoms with Crippen LogP contribution in [0, 0.1) is 0 Å². The Balaban J connectivity index is 1.87. The molecule has 0 aliphatic rings. The van der Waals surface area contributed by atoms with Gasteiger partial charge < -0.3 is 9.84 Å². The predicted molar refractivity (Wildman–Crippen MR) is 137 cm³/mol. The number of hydrogen-bond acceptors (Lipinski definition) is 5. The van der Waals surface area contributed by atoms with Gasteiger partial charge in [0, 0.05) is 23.6 Å². The van der Waals surface area contributed by atoms with E-state index in [0.717, 1.165) is 0 Å². The minimum atomic E-state index is -4.02. The van der Waals surface area contributed by atoms with E-state index < -0.39 is 16.0 Å². The zero-order chi connectivity index (χ0) is 25.3. The van der Waals surface area contributed by atoms with E-state index in [2.05, 4.69) is 4.98 Å². The van der Waals surface area contributed by atoms with Gasteiger partial charge in [-0.25, -0.2) is 22.2 Å². The third kappa shape index (κ3) is 4.12. The molecule has 8 heteroatoms. The summed E-state index contributed by atoms with van der Waals surface area (Å²) in [6.07, 6.45) is 0.228. The highest BCUT2D eigenvalue weighted by Gasteiger charge is 2.28. The first-order chi connectivity index (χ1) is 17.4. The molecule has 7 nitrogen and oxygen atoms in total. The molecule has 36 heavy (non-hydrogen) atoms. The molecule has 0 unspecified atom stereocenters. The van der Waals surface area contributed by atoms with Gasteiger partial charge in [0.1, 0.15) is 11.4 Å². The molecule has 5 rings (SSSR count). The molecule has 180 valence electrons. The molecule has 1 N–H and O–H groups in total. The van der Waals surface area contributed by atoms with Crippen LogP contribution in [0.2, 0.25) is 0 Å². The molecule has 0 amide bonds. The third-order valence-electron chi connectivity index (χ3n) is 5.95. The number of hydrogen-bond donors (Lipinski definition) is 1. The topological polar surface area (TPSA) is 98.5 Å². The number of nitrogens with zero attached hydrogens (tertiary/aromatic N) is 2. The molecule has 0 aliphatic carbocycles. The number of benzene rings is 3. The normalized spacial score (nSPS) is 11.5. The number of ether oxygens (including phenoxy) is 1. The first-order valence-electron chi connectivity index (χ1n) is 11.2. The van der Waals surface area contributed by atoms with Crippen LogP contribution in [-0.2, 0) is 16.4 Å². The van der Waals surface area contributed by atoms with Gasteiger partial charge in [0.05, 0.1) is 23.2 Å². The molecule has 5 aromatic rings. The maximum Gasteiger partial charge on any atom is 0.354 e. The largest absolute Gasteiger partial charge is 0.497 e. The second-order valence-electron chi connectivity index (χ2n) is 8.15. The summed E-state index contributed by atoms with van der Waals surface area (Å²) < 4.78 is 34.9. The van der Waals surface area contributed by atoms with Crippen molar-refractivity contribution in [3.05, 3.63) is 114 Å². The third-order valence-corrected chi connectivity index (χ3v) is 7.68. The predicted octanol–water partition coefficient (Wildman–Crippen LogP) is 5.24. The Hall–Kier alpha value is -4.43. The van der Waals surface area contributed by atoms with Crippen molar-refractivity contribution in [2.75, 3.05) is 7.11 Å². The molecule has 0 bridgehead atoms. The maximum absolute atomic E-state index is 14.1. The van der Waals surface area contributed by atoms with Gasteiger partial charge in [-0.2, -0.15) is 0 Å². The van der Waals surface area contributed by atoms with E-state index in [1.165, 1.54) is 17.1 Å². The van der Waals surface area contributed by atoms with Crippen LogP contribution in [0.3, 0.4) is 0 Å². The van der Waals surface area contributed by atoms with Gasteiger partial charge >= 0.3 is 5.97 Å². The Kier molecular flexibility index (Phi) is 6.03. The molecule has 2 aromatic heterocycles. The number of fused-ring (bicyclic) bond motifs is 1. The summed E-state index contributed by atoms with van der Waals surface area (Å²) in [5.41, 5.74) is 2.81. The highest BCUT2D eigenvalue weighted by atomic mass is 32.2. The first-order valence-corrected chi connectivity index (χ1v) is 12.6. The summed E-state index contributed by atoms with van der Waals surface area (Å²) in [6, 6.07) is 27.6. The fraction of sp³-hybridized carbons (Fsp3) is 0.0714. The Labute approximate surface area is 208 Å². The van der Waals surface area contributed by atoms with Gasteiger partial charge in [-0.3, -0.25) is 0 Å². The molecule has 0 saturated heterocycles. The van der Waals surface area contributed by atoms with Crippen LogP contribution < -0.4 is 4.74 Å². The molecule has 0 fully saturated rings. The van der Waals surface area contributed by atoms with E-state index in [4.69, 9.17) is 4.74 Å². The summed E-state index contributed by atoms with van der Waals surface area (Å²) >= 11 is 0. The highest BCUT2D eigenvalue weighted by Crippen LogP contribution is 2.39. The van der Waals surface area contributed by atoms with E-state index in [1.807, 2.05) is 36.4 Å². The lowest BCUT2D eigenvalue weighted by molar-refractivity contribution is 0.0690. The van der Waals surface area contributed by atoms with E-state index in [-0.39, 0.29) is 17.0 Å². The summed E-state index contributed by atoms with van der Waals surface area (Å²) in [4.78, 5) is 16.0. The van der Waals surface area contributed by atoms with Crippen molar-refractivity contribution >= 4 is 26.9 Å². The van der Waals surface area contributed by atoms with Crippen LogP contribution in [0.5, 0.6) is 5.75 Å². The lowest BCUT2D eigenvalue weighted by atomic mass is 10.0. The van der Waals surface area contributed by atoms with Crippen molar-refractivity contribution in [2.45, 2.75) is 11.3 Å². The average molecular weight is 499 g/mol. The fourth-order valence-corrected chi connectivity index (χ4v) is 5.90. The number of carbonyl (C=O) groups is 1. The van der Waals surface area contributed by atoms with Gasteiger partial charge in [-0.1, -0.05) is 54.6 Å². The molecular formula is C28H22N2O5S. The first kappa shape index (κ1) is 23.3. The Bertz CT molecular complexity index is 1680. The highest BCUT2D eigenvalue weighted by molar-refractivity contribution is 7.90. The second-order valence-corrected chi connectivity index (χ2v) is 9.94. The zero-order valence-corrected chi connectivity index (χ0v) is 20.1. The number of carboxylic acids is 1. The minimum Gasteiger partial charge on any atom is -0.497 e. The SMILES string of the molecule is COc1ccc2c(Cc3cccc(C(=O)O)n3)c(-c3ccccc3)n(S(=O)(=O)c3ccccc3)c2c1. The maximum atomic E-state index is 14.1. The quantitative estimate of drug-likeness (QED) is 0.330. The number of rotatable bonds is 7. The van der Waals surface area contributed by atoms with Crippen LogP contribution in [0.1, 0.15) is 21.7 Å². The lowest BCUT2D eigenvalue weighted by Gasteiger charge is -2.14. The Morgan fingerprint density at radius 2 is 1.61 bits per heavy atom. The Morgan fingerprint density at radius 1 is 0.917 bits per heavy atom. The molecule has 2 heterocycles. The van der Waals surface area contributed by atoms with E-state index in [0.29, 0.717) is 39.2 Å². The number of methoxy groups -OCH3 is 1. The molecule has 0 aliphatic heterocycles. The standard InChI is InChI=1S/C28H22N2O5S/c1-35-21-15-16-23-24(17-20-11-8-14-25(29-20)28(31)32)27(19-9-4-2-5-10-19)30(26(23)18-21)36(33,34)22-12-6-3-7-13-22/h2-16,18H,17H2,1H3,(H,31,32). The van der Waals surface area contributed by atoms with Gasteiger partial charge in [0.15, 0.2) is 0 Å². The number of carboxylic acid groups (broad SMARTS) is 1. The molecule has 0 atom stereocenters. The summed E-state index contributed by atoms with van der Waals surface area (Å²) in [7, 11) is -2.49. The van der Waals surface area contributed by atoms with Crippen molar-refractivity contribution in [1.82, 2.24) is 8.96 Å². The molecule has 0 radical (unpaired) electrons. The van der Waals surface area contributed by atoms with Crippen molar-refractivity contribution in [3.63, 3.8) is 0 Å². The van der Waals surface area contributed by atoms with E-state index >= 15 is 0 Å². The number of pyridine rings is 1. The summed E-state index contributed by atoms with van der Waals surface area (Å²) in [5.74, 6) is -0.611. The van der Waals surface area contributed by atoms with E-state index in [1.54, 1.807) is 54.6 Å². The van der Waals surface area contributed by atoms with Crippen molar-refractivity contribution < 1.29 is 23.1 Å². The molecule has 3 aromatic carbocycles. The summed E-state index contributed by atoms with van der Waals surface area (Å²) in [6.45, 7) is 0. The van der Waals surface area contributed by atoms with Crippen LogP contribution in [0.25, 0.3) is 22.2 Å². The van der Waals surface area contributed by atoms with Gasteiger partial charge in [-0.15, -0.1) is 0 Å². The smallest absolute Gasteiger partial charge is 0.354 e. The molecule has 0 spiro atoms. The number of aromatic nitrogens is 2. The van der Waals surface area contributed by atoms with Crippen molar-refractivity contribution in [1.29, 1.82) is 0 Å². The van der Waals surface area contributed by atoms with Crippen LogP contribution in [0.4, 0.5) is 0 Å². The van der Waals surface area contributed by atoms with Crippen LogP contribution in [0.15, 0.2) is 102 Å². The summed E-state index contributed by atoms with van der Waals surface area (Å²) in [5, 5.41) is 10.1. The van der Waals surface area contributed by atoms with Gasteiger partial charge in [0.25, 0.3) is 10.0 Å². The van der Waals surface area contributed by atoms with Crippen LogP contribution >= 0.6 is 0 Å². The molecular weight excluding hydrogens is 476 g/mol. The fourth-order valence-electron chi connectivity index (χ4n) is 4.32. The van der Waals surface area contributed by atoms with Crippen molar-refractivity contribution in [2.24, 2.45) is 0 Å². The number of aromatic carboxylic acids is 1. The molecule has 0 saturated carbocycles. The Morgan fingerprint density at radius 3 is 2.28 bits per heavy atom. The monoisotopic (exact) mass is 498 g/mol. The van der Waals surface area contributed by atoms with Crippen molar-refractivity contribution in [3.8, 4) is 17.0 Å². The van der Waals surface area contributed by atoms with Gasteiger partial charge in [-0.05, 0) is 47.5 Å². The minimum absolute atomic E-state index is 0.0731. The average Bonchev–Trinajstić information content (AvgIpc) is 3.23.